The molecule has 2 heteroatoms. The van der Waals surface area contributed by atoms with Gasteiger partial charge in [0, 0.05) is 0 Å². The van der Waals surface area contributed by atoms with Crippen molar-refractivity contribution >= 4 is 0 Å². The summed E-state index contributed by atoms with van der Waals surface area (Å²) in [6, 6.07) is 4.28. The molecular formula is C23H38F2. The second kappa shape index (κ2) is 13.3. The zero-order chi connectivity index (χ0) is 18.5. The van der Waals surface area contributed by atoms with Crippen molar-refractivity contribution in [1.82, 2.24) is 0 Å². The number of hydrogen-bond acceptors (Lipinski definition) is 0. The largest absolute Gasteiger partial charge is 0.204 e. The molecule has 25 heavy (non-hydrogen) atoms. The highest BCUT2D eigenvalue weighted by atomic mass is 19.2. The van der Waals surface area contributed by atoms with Gasteiger partial charge in [-0.1, -0.05) is 91.0 Å². The summed E-state index contributed by atoms with van der Waals surface area (Å²) < 4.78 is 26.1. The molecule has 2 unspecified atom stereocenters. The molecule has 0 bridgehead atoms. The maximum atomic E-state index is 13.2. The minimum absolute atomic E-state index is 0.724. The highest BCUT2D eigenvalue weighted by Crippen LogP contribution is 2.24. The van der Waals surface area contributed by atoms with E-state index >= 15 is 0 Å². The van der Waals surface area contributed by atoms with Crippen LogP contribution in [0.1, 0.15) is 97.0 Å². The lowest BCUT2D eigenvalue weighted by Crippen LogP contribution is -2.03. The smallest absolute Gasteiger partial charge is 0.159 e. The van der Waals surface area contributed by atoms with E-state index in [-0.39, 0.29) is 0 Å². The standard InChI is InChI=1S/C23H38F2/c1-4-10-19(3)12-9-15-20(11-5-2)13-7-6-8-14-21-16-17-22(24)23(25)18-21/h16-20H,4-15H2,1-3H3. The normalized spacial score (nSPS) is 13.8. The van der Waals surface area contributed by atoms with Crippen molar-refractivity contribution in [3.63, 3.8) is 0 Å². The van der Waals surface area contributed by atoms with Gasteiger partial charge in [-0.15, -0.1) is 0 Å². The molecule has 0 aliphatic rings. The summed E-state index contributed by atoms with van der Waals surface area (Å²) in [4.78, 5) is 0. The van der Waals surface area contributed by atoms with Gasteiger partial charge in [-0.25, -0.2) is 8.78 Å². The van der Waals surface area contributed by atoms with Crippen LogP contribution in [0, 0.1) is 23.5 Å². The number of rotatable bonds is 14. The van der Waals surface area contributed by atoms with Crippen LogP contribution in [-0.2, 0) is 6.42 Å². The molecule has 0 saturated carbocycles. The summed E-state index contributed by atoms with van der Waals surface area (Å²) in [5.41, 5.74) is 0.911. The van der Waals surface area contributed by atoms with E-state index in [1.165, 1.54) is 76.3 Å². The van der Waals surface area contributed by atoms with Crippen LogP contribution in [-0.4, -0.2) is 0 Å². The first-order chi connectivity index (χ1) is 12.1. The predicted molar refractivity (Wildman–Crippen MR) is 105 cm³/mol. The minimum Gasteiger partial charge on any atom is -0.204 e. The molecule has 0 aliphatic carbocycles. The van der Waals surface area contributed by atoms with Gasteiger partial charge in [0.15, 0.2) is 11.6 Å². The minimum atomic E-state index is -0.751. The van der Waals surface area contributed by atoms with E-state index < -0.39 is 11.6 Å². The fourth-order valence-electron chi connectivity index (χ4n) is 3.87. The van der Waals surface area contributed by atoms with E-state index in [2.05, 4.69) is 20.8 Å². The van der Waals surface area contributed by atoms with E-state index in [4.69, 9.17) is 0 Å². The molecule has 0 amide bonds. The molecular weight excluding hydrogens is 314 g/mol. The summed E-state index contributed by atoms with van der Waals surface area (Å²) >= 11 is 0. The Labute approximate surface area is 154 Å². The Hall–Kier alpha value is -0.920. The van der Waals surface area contributed by atoms with E-state index in [1.807, 2.05) is 0 Å². The molecule has 1 aromatic carbocycles. The van der Waals surface area contributed by atoms with Gasteiger partial charge in [0.2, 0.25) is 0 Å². The first kappa shape index (κ1) is 22.1. The monoisotopic (exact) mass is 352 g/mol. The molecule has 0 aromatic heterocycles. The Morgan fingerprint density at radius 2 is 1.48 bits per heavy atom. The third-order valence-corrected chi connectivity index (χ3v) is 5.35. The van der Waals surface area contributed by atoms with Crippen LogP contribution < -0.4 is 0 Å². The van der Waals surface area contributed by atoms with Crippen LogP contribution in [0.15, 0.2) is 18.2 Å². The summed E-state index contributed by atoms with van der Waals surface area (Å²) in [6.45, 7) is 6.95. The van der Waals surface area contributed by atoms with Crippen LogP contribution in [0.2, 0.25) is 0 Å². The zero-order valence-corrected chi connectivity index (χ0v) is 16.6. The molecule has 0 fully saturated rings. The van der Waals surface area contributed by atoms with Crippen molar-refractivity contribution in [2.75, 3.05) is 0 Å². The van der Waals surface area contributed by atoms with Gasteiger partial charge < -0.3 is 0 Å². The van der Waals surface area contributed by atoms with Gasteiger partial charge in [-0.05, 0) is 42.4 Å². The van der Waals surface area contributed by atoms with Crippen molar-refractivity contribution in [3.8, 4) is 0 Å². The van der Waals surface area contributed by atoms with E-state index in [0.717, 1.165) is 30.2 Å². The van der Waals surface area contributed by atoms with Crippen LogP contribution in [0.25, 0.3) is 0 Å². The number of benzene rings is 1. The van der Waals surface area contributed by atoms with Crippen molar-refractivity contribution in [2.45, 2.75) is 97.8 Å². The molecule has 0 heterocycles. The SMILES string of the molecule is CCCC(C)CCCC(CCC)CCCCCc1ccc(F)c(F)c1. The number of halogens is 2. The second-order valence-electron chi connectivity index (χ2n) is 7.83. The van der Waals surface area contributed by atoms with Gasteiger partial charge in [0.25, 0.3) is 0 Å². The highest BCUT2D eigenvalue weighted by Gasteiger charge is 2.09. The lowest BCUT2D eigenvalue weighted by atomic mass is 9.89. The van der Waals surface area contributed by atoms with E-state index in [0.29, 0.717) is 0 Å². The van der Waals surface area contributed by atoms with Crippen molar-refractivity contribution in [1.29, 1.82) is 0 Å². The average Bonchev–Trinajstić information content (AvgIpc) is 2.58. The molecule has 0 aliphatic heterocycles. The molecule has 0 radical (unpaired) electrons. The summed E-state index contributed by atoms with van der Waals surface area (Å²) in [6.07, 6.45) is 15.1. The Morgan fingerprint density at radius 1 is 0.760 bits per heavy atom. The molecule has 1 rings (SSSR count). The summed E-state index contributed by atoms with van der Waals surface area (Å²) in [5.74, 6) is 0.280. The fourth-order valence-corrected chi connectivity index (χ4v) is 3.87. The topological polar surface area (TPSA) is 0 Å². The fraction of sp³-hybridized carbons (Fsp3) is 0.739. The highest BCUT2D eigenvalue weighted by molar-refractivity contribution is 5.17. The maximum Gasteiger partial charge on any atom is 0.159 e. The van der Waals surface area contributed by atoms with Crippen molar-refractivity contribution in [2.24, 2.45) is 11.8 Å². The number of hydrogen-bond donors (Lipinski definition) is 0. The molecule has 0 nitrogen and oxygen atoms in total. The van der Waals surface area contributed by atoms with Gasteiger partial charge in [0.1, 0.15) is 0 Å². The van der Waals surface area contributed by atoms with Crippen LogP contribution in [0.5, 0.6) is 0 Å². The molecule has 144 valence electrons. The van der Waals surface area contributed by atoms with E-state index in [1.54, 1.807) is 6.07 Å². The van der Waals surface area contributed by atoms with Crippen LogP contribution in [0.4, 0.5) is 8.78 Å². The Morgan fingerprint density at radius 3 is 2.16 bits per heavy atom. The summed E-state index contributed by atoms with van der Waals surface area (Å²) in [5, 5.41) is 0. The molecule has 0 saturated heterocycles. The van der Waals surface area contributed by atoms with Crippen molar-refractivity contribution < 1.29 is 8.78 Å². The maximum absolute atomic E-state index is 13.2. The summed E-state index contributed by atoms with van der Waals surface area (Å²) in [7, 11) is 0. The van der Waals surface area contributed by atoms with E-state index in [9.17, 15) is 8.78 Å². The third-order valence-electron chi connectivity index (χ3n) is 5.35. The van der Waals surface area contributed by atoms with Gasteiger partial charge >= 0.3 is 0 Å². The quantitative estimate of drug-likeness (QED) is 0.297. The van der Waals surface area contributed by atoms with Crippen molar-refractivity contribution in [3.05, 3.63) is 35.4 Å². The van der Waals surface area contributed by atoms with Gasteiger partial charge in [-0.2, -0.15) is 0 Å². The Kier molecular flexibility index (Phi) is 11.8. The van der Waals surface area contributed by atoms with Crippen LogP contribution in [0.3, 0.4) is 0 Å². The molecule has 0 spiro atoms. The van der Waals surface area contributed by atoms with Crippen LogP contribution >= 0.6 is 0 Å². The first-order valence-corrected chi connectivity index (χ1v) is 10.5. The molecule has 2 atom stereocenters. The zero-order valence-electron chi connectivity index (χ0n) is 16.6. The predicted octanol–water partition coefficient (Wildman–Crippen LogP) is 8.09. The molecule has 0 N–H and O–H groups in total. The average molecular weight is 353 g/mol. The first-order valence-electron chi connectivity index (χ1n) is 10.5. The van der Waals surface area contributed by atoms with Gasteiger partial charge in [-0.3, -0.25) is 0 Å². The third kappa shape index (κ3) is 9.97. The van der Waals surface area contributed by atoms with Gasteiger partial charge in [0.05, 0.1) is 0 Å². The molecule has 1 aromatic rings. The number of unbranched alkanes of at least 4 members (excludes halogenated alkanes) is 2. The Balaban J connectivity index is 2.18. The lowest BCUT2D eigenvalue weighted by molar-refractivity contribution is 0.360. The second-order valence-corrected chi connectivity index (χ2v) is 7.83. The Bertz CT molecular complexity index is 455. The lowest BCUT2D eigenvalue weighted by Gasteiger charge is -2.17. The number of aryl methyl sites for hydroxylation is 1.